The molecule has 154 valence electrons. The zero-order valence-electron chi connectivity index (χ0n) is 16.6. The van der Waals surface area contributed by atoms with E-state index in [-0.39, 0.29) is 11.4 Å². The van der Waals surface area contributed by atoms with Crippen LogP contribution in [0.15, 0.2) is 33.5 Å². The van der Waals surface area contributed by atoms with Crippen molar-refractivity contribution in [3.8, 4) is 5.75 Å². The zero-order chi connectivity index (χ0) is 20.2. The molecule has 2 rings (SSSR count). The first-order valence-electron chi connectivity index (χ1n) is 10.5. The number of hydrogen-bond donors (Lipinski definition) is 2. The first-order valence-corrected chi connectivity index (χ1v) is 10.5. The number of phenolic OH excluding ortho intramolecular Hbond substituents is 1. The molecule has 0 unspecified atom stereocenters. The highest BCUT2D eigenvalue weighted by Gasteiger charge is 2.06. The van der Waals surface area contributed by atoms with Crippen LogP contribution in [0, 0.1) is 0 Å². The van der Waals surface area contributed by atoms with Gasteiger partial charge in [-0.3, -0.25) is 4.79 Å². The molecule has 0 bridgehead atoms. The minimum absolute atomic E-state index is 0.0987. The molecule has 1 aromatic heterocycles. The van der Waals surface area contributed by atoms with Gasteiger partial charge in [0.15, 0.2) is 0 Å². The van der Waals surface area contributed by atoms with Crippen molar-refractivity contribution >= 4 is 16.9 Å². The van der Waals surface area contributed by atoms with Gasteiger partial charge in [-0.15, -0.1) is 0 Å². The Morgan fingerprint density at radius 1 is 0.821 bits per heavy atom. The van der Waals surface area contributed by atoms with Gasteiger partial charge in [-0.1, -0.05) is 57.8 Å². The lowest BCUT2D eigenvalue weighted by Gasteiger charge is -2.04. The molecule has 28 heavy (non-hydrogen) atoms. The van der Waals surface area contributed by atoms with Gasteiger partial charge < -0.3 is 14.6 Å². The molecule has 0 saturated carbocycles. The Kier molecular flexibility index (Phi) is 9.60. The number of carbonyl (C=O) groups is 1. The number of carboxylic acid groups (broad SMARTS) is 1. The summed E-state index contributed by atoms with van der Waals surface area (Å²) in [5.41, 5.74) is 0.832. The van der Waals surface area contributed by atoms with Crippen molar-refractivity contribution in [2.45, 2.75) is 83.5 Å². The SMILES string of the molecule is O=C(O)CCCCCCCCCCCCCc1cc2ccc(O)cc2oc1=O. The lowest BCUT2D eigenvalue weighted by atomic mass is 10.0. The first kappa shape index (κ1) is 22.0. The molecule has 0 aliphatic carbocycles. The predicted molar refractivity (Wildman–Crippen MR) is 111 cm³/mol. The highest BCUT2D eigenvalue weighted by Crippen LogP contribution is 2.20. The molecule has 1 aromatic carbocycles. The number of aryl methyl sites for hydroxylation is 1. The number of hydrogen-bond acceptors (Lipinski definition) is 4. The summed E-state index contributed by atoms with van der Waals surface area (Å²) < 4.78 is 5.30. The third-order valence-electron chi connectivity index (χ3n) is 5.13. The van der Waals surface area contributed by atoms with Crippen molar-refractivity contribution in [1.29, 1.82) is 0 Å². The van der Waals surface area contributed by atoms with E-state index in [9.17, 15) is 14.7 Å². The van der Waals surface area contributed by atoms with Crippen molar-refractivity contribution in [3.05, 3.63) is 40.2 Å². The largest absolute Gasteiger partial charge is 0.508 e. The minimum atomic E-state index is -0.693. The van der Waals surface area contributed by atoms with Crippen LogP contribution in [0.5, 0.6) is 5.75 Å². The van der Waals surface area contributed by atoms with Crippen LogP contribution in [-0.2, 0) is 11.2 Å². The quantitative estimate of drug-likeness (QED) is 0.315. The fraction of sp³-hybridized carbons (Fsp3) is 0.565. The number of aliphatic carboxylic acids is 1. The van der Waals surface area contributed by atoms with Crippen molar-refractivity contribution in [3.63, 3.8) is 0 Å². The van der Waals surface area contributed by atoms with Gasteiger partial charge in [-0.05, 0) is 37.5 Å². The van der Waals surface area contributed by atoms with Gasteiger partial charge >= 0.3 is 11.6 Å². The fourth-order valence-electron chi connectivity index (χ4n) is 3.50. The Hall–Kier alpha value is -2.30. The number of phenols is 1. The predicted octanol–water partition coefficient (Wildman–Crippen LogP) is 5.81. The summed E-state index contributed by atoms with van der Waals surface area (Å²) in [5, 5.41) is 18.9. The van der Waals surface area contributed by atoms with E-state index in [2.05, 4.69) is 0 Å². The molecule has 0 radical (unpaired) electrons. The van der Waals surface area contributed by atoms with Gasteiger partial charge in [0.2, 0.25) is 0 Å². The summed E-state index contributed by atoms with van der Waals surface area (Å²) in [6.45, 7) is 0. The zero-order valence-corrected chi connectivity index (χ0v) is 16.6. The number of benzene rings is 1. The number of rotatable bonds is 14. The average molecular weight is 389 g/mol. The summed E-state index contributed by atoms with van der Waals surface area (Å²) in [7, 11) is 0. The molecule has 5 nitrogen and oxygen atoms in total. The second-order valence-electron chi connectivity index (χ2n) is 7.56. The molecule has 0 aliphatic rings. The molecule has 0 saturated heterocycles. The van der Waals surface area contributed by atoms with Gasteiger partial charge in [0, 0.05) is 23.4 Å². The Balaban J connectivity index is 1.51. The molecule has 0 amide bonds. The van der Waals surface area contributed by atoms with Crippen molar-refractivity contribution in [1.82, 2.24) is 0 Å². The second kappa shape index (κ2) is 12.2. The van der Waals surface area contributed by atoms with E-state index in [0.717, 1.165) is 43.9 Å². The summed E-state index contributed by atoms with van der Waals surface area (Å²) in [5.74, 6) is -0.594. The standard InChI is InChI=1S/C23H32O5/c24-20-15-14-18-16-19(23(27)28-21(18)17-20)12-10-8-6-4-2-1-3-5-7-9-11-13-22(25)26/h14-17,24H,1-13H2,(H,25,26). The smallest absolute Gasteiger partial charge is 0.339 e. The maximum absolute atomic E-state index is 12.0. The van der Waals surface area contributed by atoms with E-state index in [0.29, 0.717) is 17.6 Å². The van der Waals surface area contributed by atoms with Crippen LogP contribution >= 0.6 is 0 Å². The number of carboxylic acids is 1. The summed E-state index contributed by atoms with van der Waals surface area (Å²) in [6, 6.07) is 6.71. The Labute approximate surface area is 166 Å². The van der Waals surface area contributed by atoms with E-state index in [1.54, 1.807) is 12.1 Å². The molecule has 2 aromatic rings. The lowest BCUT2D eigenvalue weighted by molar-refractivity contribution is -0.137. The summed E-state index contributed by atoms with van der Waals surface area (Å²) in [6.07, 6.45) is 13.4. The van der Waals surface area contributed by atoms with Crippen LogP contribution in [0.2, 0.25) is 0 Å². The average Bonchev–Trinajstić information content (AvgIpc) is 2.65. The monoisotopic (exact) mass is 388 g/mol. The molecule has 1 heterocycles. The maximum Gasteiger partial charge on any atom is 0.339 e. The molecule has 5 heteroatoms. The third-order valence-corrected chi connectivity index (χ3v) is 5.13. The van der Waals surface area contributed by atoms with E-state index in [1.807, 2.05) is 6.07 Å². The van der Waals surface area contributed by atoms with Crippen LogP contribution in [0.1, 0.15) is 82.6 Å². The van der Waals surface area contributed by atoms with Gasteiger partial charge in [0.05, 0.1) is 0 Å². The Bertz CT molecular complexity index is 793. The van der Waals surface area contributed by atoms with Crippen LogP contribution in [-0.4, -0.2) is 16.2 Å². The van der Waals surface area contributed by atoms with E-state index < -0.39 is 5.97 Å². The van der Waals surface area contributed by atoms with Gasteiger partial charge in [0.1, 0.15) is 11.3 Å². The van der Waals surface area contributed by atoms with Gasteiger partial charge in [-0.2, -0.15) is 0 Å². The van der Waals surface area contributed by atoms with Crippen LogP contribution in [0.25, 0.3) is 11.0 Å². The minimum Gasteiger partial charge on any atom is -0.508 e. The molecule has 0 fully saturated rings. The lowest BCUT2D eigenvalue weighted by Crippen LogP contribution is -2.06. The molecule has 0 spiro atoms. The van der Waals surface area contributed by atoms with Crippen molar-refractivity contribution in [2.24, 2.45) is 0 Å². The van der Waals surface area contributed by atoms with Crippen LogP contribution in [0.4, 0.5) is 0 Å². The summed E-state index contributed by atoms with van der Waals surface area (Å²) >= 11 is 0. The van der Waals surface area contributed by atoms with Gasteiger partial charge in [0.25, 0.3) is 0 Å². The second-order valence-corrected chi connectivity index (χ2v) is 7.56. The van der Waals surface area contributed by atoms with E-state index in [1.165, 1.54) is 44.6 Å². The first-order chi connectivity index (χ1) is 13.6. The maximum atomic E-state index is 12.0. The summed E-state index contributed by atoms with van der Waals surface area (Å²) in [4.78, 5) is 22.4. The van der Waals surface area contributed by atoms with Gasteiger partial charge in [-0.25, -0.2) is 4.79 Å². The molecule has 2 N–H and O–H groups in total. The van der Waals surface area contributed by atoms with Crippen molar-refractivity contribution in [2.75, 3.05) is 0 Å². The highest BCUT2D eigenvalue weighted by atomic mass is 16.4. The Morgan fingerprint density at radius 3 is 2.00 bits per heavy atom. The number of unbranched alkanes of at least 4 members (excludes halogenated alkanes) is 10. The molecule has 0 atom stereocenters. The fourth-order valence-corrected chi connectivity index (χ4v) is 3.50. The number of fused-ring (bicyclic) bond motifs is 1. The normalized spacial score (nSPS) is 11.1. The molecular formula is C23H32O5. The van der Waals surface area contributed by atoms with E-state index >= 15 is 0 Å². The topological polar surface area (TPSA) is 87.7 Å². The van der Waals surface area contributed by atoms with Crippen LogP contribution < -0.4 is 5.63 Å². The third kappa shape index (κ3) is 8.15. The molecular weight excluding hydrogens is 356 g/mol. The number of aromatic hydroxyl groups is 1. The van der Waals surface area contributed by atoms with E-state index in [4.69, 9.17) is 9.52 Å². The molecule has 0 aliphatic heterocycles. The highest BCUT2D eigenvalue weighted by molar-refractivity contribution is 5.78. The van der Waals surface area contributed by atoms with Crippen LogP contribution in [0.3, 0.4) is 0 Å². The van der Waals surface area contributed by atoms with Crippen molar-refractivity contribution < 1.29 is 19.4 Å². The Morgan fingerprint density at radius 2 is 1.39 bits per heavy atom.